The van der Waals surface area contributed by atoms with Crippen molar-refractivity contribution in [3.8, 4) is 0 Å². The van der Waals surface area contributed by atoms with E-state index in [2.05, 4.69) is 5.32 Å². The van der Waals surface area contributed by atoms with Gasteiger partial charge in [0, 0.05) is 29.1 Å². The first-order valence-corrected chi connectivity index (χ1v) is 12.5. The second-order valence-corrected chi connectivity index (χ2v) is 9.81. The van der Waals surface area contributed by atoms with E-state index in [4.69, 9.17) is 14.2 Å². The maximum Gasteiger partial charge on any atom is 1.00 e. The van der Waals surface area contributed by atoms with Crippen LogP contribution in [0.1, 0.15) is 31.2 Å². The van der Waals surface area contributed by atoms with E-state index in [1.54, 1.807) is 24.3 Å². The van der Waals surface area contributed by atoms with Crippen LogP contribution in [-0.4, -0.2) is 75.2 Å². The fourth-order valence-electron chi connectivity index (χ4n) is 4.02. The molecule has 3 saturated heterocycles. The number of nitrogens with one attached hydrogen (secondary N) is 1. The number of hydrogen-bond donors (Lipinski definition) is 3. The van der Waals surface area contributed by atoms with Crippen molar-refractivity contribution in [3.05, 3.63) is 35.9 Å². The van der Waals surface area contributed by atoms with Crippen molar-refractivity contribution >= 4 is 22.9 Å². The minimum Gasteiger partial charge on any atom is -0.548 e. The first-order valence-electron chi connectivity index (χ1n) is 11.0. The van der Waals surface area contributed by atoms with Gasteiger partial charge < -0.3 is 39.6 Å². The van der Waals surface area contributed by atoms with Gasteiger partial charge in [0.15, 0.2) is 6.29 Å². The van der Waals surface area contributed by atoms with Crippen LogP contribution in [0.25, 0.3) is 0 Å². The minimum atomic E-state index is -1.74. The fraction of sp³-hybridized carbons (Fsp3) is 0.636. The van der Waals surface area contributed by atoms with Crippen molar-refractivity contribution < 1.29 is 72.9 Å². The SMILES string of the molecule is O=C(NC(CS(=O)CC1OC2OCCCCCC1C(O)C2O)C(=O)[O-])OCc1ccccc1.[Na+]. The molecule has 1 amide bonds. The Morgan fingerprint density at radius 2 is 1.91 bits per heavy atom. The van der Waals surface area contributed by atoms with E-state index in [1.165, 1.54) is 0 Å². The monoisotopic (exact) mass is 507 g/mol. The van der Waals surface area contributed by atoms with Crippen LogP contribution in [0.5, 0.6) is 0 Å². The predicted molar refractivity (Wildman–Crippen MR) is 115 cm³/mol. The molecule has 0 aromatic heterocycles. The largest absolute Gasteiger partial charge is 1.00 e. The van der Waals surface area contributed by atoms with Gasteiger partial charge >= 0.3 is 35.7 Å². The molecule has 0 radical (unpaired) electrons. The standard InChI is InChI=1S/C22H31NO9S.Na/c24-18-15-9-5-2-6-10-30-21(19(18)25)32-17(15)13-33(29)12-16(20(26)27)23-22(28)31-11-14-7-3-1-4-8-14;/h1,3-4,7-8,15-19,21,24-25H,2,5-6,9-13H2,(H,23,28)(H,26,27);/q;+1/p-1. The van der Waals surface area contributed by atoms with Gasteiger partial charge in [0.25, 0.3) is 0 Å². The number of carbonyl (C=O) groups is 2. The molecule has 0 spiro atoms. The van der Waals surface area contributed by atoms with E-state index in [9.17, 15) is 29.1 Å². The molecule has 3 aliphatic heterocycles. The smallest absolute Gasteiger partial charge is 0.548 e. The van der Waals surface area contributed by atoms with Gasteiger partial charge in [-0.15, -0.1) is 0 Å². The summed E-state index contributed by atoms with van der Waals surface area (Å²) in [6.45, 7) is 0.325. The molecule has 3 N–H and O–H groups in total. The second kappa shape index (κ2) is 14.5. The van der Waals surface area contributed by atoms with Crippen molar-refractivity contribution in [2.75, 3.05) is 18.1 Å². The number of amides is 1. The molecule has 1 aromatic rings. The average Bonchev–Trinajstić information content (AvgIpc) is 2.80. The maximum atomic E-state index is 12.8. The molecule has 2 bridgehead atoms. The topological polar surface area (TPSA) is 154 Å². The zero-order valence-electron chi connectivity index (χ0n) is 19.2. The molecule has 7 unspecified atom stereocenters. The Balaban J connectivity index is 0.00000408. The van der Waals surface area contributed by atoms with Crippen molar-refractivity contribution in [1.29, 1.82) is 0 Å². The van der Waals surface area contributed by atoms with Gasteiger partial charge in [-0.05, 0) is 18.4 Å². The first kappa shape index (κ1) is 29.2. The van der Waals surface area contributed by atoms with Crippen LogP contribution in [0.15, 0.2) is 30.3 Å². The number of carboxylic acid groups (broad SMARTS) is 1. The Labute approximate surface area is 223 Å². The van der Waals surface area contributed by atoms with Crippen LogP contribution in [-0.2, 0) is 36.4 Å². The number of carbonyl (C=O) groups excluding carboxylic acids is 2. The molecule has 0 saturated carbocycles. The summed E-state index contributed by atoms with van der Waals surface area (Å²) in [4.78, 5) is 23.5. The maximum absolute atomic E-state index is 12.8. The number of aliphatic carboxylic acids is 1. The van der Waals surface area contributed by atoms with Crippen LogP contribution in [0.3, 0.4) is 0 Å². The quantitative estimate of drug-likeness (QED) is 0.303. The molecule has 3 fully saturated rings. The normalized spacial score (nSPS) is 28.7. The van der Waals surface area contributed by atoms with E-state index in [1.807, 2.05) is 6.07 Å². The van der Waals surface area contributed by atoms with Crippen LogP contribution < -0.4 is 40.0 Å². The number of hydrogen-bond acceptors (Lipinski definition) is 9. The third-order valence-electron chi connectivity index (χ3n) is 5.81. The number of rotatable bonds is 8. The summed E-state index contributed by atoms with van der Waals surface area (Å²) in [5.41, 5.74) is 0.729. The average molecular weight is 508 g/mol. The van der Waals surface area contributed by atoms with E-state index in [0.29, 0.717) is 13.0 Å². The van der Waals surface area contributed by atoms with E-state index in [-0.39, 0.29) is 41.9 Å². The fourth-order valence-corrected chi connectivity index (χ4v) is 5.44. The summed E-state index contributed by atoms with van der Waals surface area (Å²) in [7, 11) is -1.74. The Morgan fingerprint density at radius 1 is 1.18 bits per heavy atom. The zero-order chi connectivity index (χ0) is 23.8. The second-order valence-electron chi connectivity index (χ2n) is 8.26. The summed E-state index contributed by atoms with van der Waals surface area (Å²) in [6, 6.07) is 7.34. The molecule has 4 rings (SSSR count). The van der Waals surface area contributed by atoms with Gasteiger partial charge in [0.1, 0.15) is 12.7 Å². The number of benzene rings is 1. The van der Waals surface area contributed by atoms with Crippen LogP contribution in [0, 0.1) is 5.92 Å². The molecule has 7 atom stereocenters. The van der Waals surface area contributed by atoms with E-state index in [0.717, 1.165) is 24.8 Å². The summed E-state index contributed by atoms with van der Waals surface area (Å²) >= 11 is 0. The van der Waals surface area contributed by atoms with Gasteiger partial charge in [-0.25, -0.2) is 4.79 Å². The molecule has 0 aliphatic carbocycles. The van der Waals surface area contributed by atoms with Crippen molar-refractivity contribution in [2.45, 2.75) is 62.9 Å². The molecular weight excluding hydrogens is 477 g/mol. The third-order valence-corrected chi connectivity index (χ3v) is 7.22. The van der Waals surface area contributed by atoms with Crippen molar-refractivity contribution in [2.24, 2.45) is 5.92 Å². The Kier molecular flexibility index (Phi) is 12.4. The number of alkyl carbamates (subject to hydrolysis) is 1. The van der Waals surface area contributed by atoms with Gasteiger partial charge in [-0.2, -0.15) is 0 Å². The molecule has 1 aromatic carbocycles. The Hall–Kier alpha value is -1.05. The zero-order valence-corrected chi connectivity index (χ0v) is 22.0. The summed E-state index contributed by atoms with van der Waals surface area (Å²) < 4.78 is 29.1. The molecular formula is C22H30NNaO9S. The van der Waals surface area contributed by atoms with Crippen LogP contribution in [0.2, 0.25) is 0 Å². The molecule has 184 valence electrons. The molecule has 3 aliphatic rings. The van der Waals surface area contributed by atoms with Gasteiger partial charge in [-0.3, -0.25) is 4.21 Å². The Bertz CT molecular complexity index is 813. The molecule has 34 heavy (non-hydrogen) atoms. The number of ether oxygens (including phenoxy) is 3. The molecule has 10 nitrogen and oxygen atoms in total. The summed E-state index contributed by atoms with van der Waals surface area (Å²) in [5.74, 6) is -2.56. The third kappa shape index (κ3) is 8.56. The van der Waals surface area contributed by atoms with Crippen LogP contribution in [0.4, 0.5) is 4.79 Å². The van der Waals surface area contributed by atoms with Crippen molar-refractivity contribution in [1.82, 2.24) is 5.32 Å². The number of aliphatic hydroxyl groups is 2. The number of carboxylic acids is 1. The van der Waals surface area contributed by atoms with E-state index < -0.39 is 65.2 Å². The first-order chi connectivity index (χ1) is 15.8. The van der Waals surface area contributed by atoms with E-state index >= 15 is 0 Å². The number of fused-ring (bicyclic) bond motifs is 7. The minimum absolute atomic E-state index is 0. The van der Waals surface area contributed by atoms with Gasteiger partial charge in [0.2, 0.25) is 0 Å². The molecule has 3 heterocycles. The van der Waals surface area contributed by atoms with Crippen molar-refractivity contribution in [3.63, 3.8) is 0 Å². The van der Waals surface area contributed by atoms with Crippen LogP contribution >= 0.6 is 0 Å². The van der Waals surface area contributed by atoms with Gasteiger partial charge in [0.05, 0.1) is 30.0 Å². The summed E-state index contributed by atoms with van der Waals surface area (Å²) in [6.07, 6.45) is -1.96. The predicted octanol–water partition coefficient (Wildman–Crippen LogP) is -3.56. The Morgan fingerprint density at radius 3 is 2.62 bits per heavy atom. The summed E-state index contributed by atoms with van der Waals surface area (Å²) in [5, 5.41) is 34.5. The number of aliphatic hydroxyl groups excluding tert-OH is 2. The van der Waals surface area contributed by atoms with Gasteiger partial charge in [-0.1, -0.05) is 43.2 Å². The molecule has 12 heteroatoms.